The van der Waals surface area contributed by atoms with Gasteiger partial charge in [0.2, 0.25) is 0 Å². The third-order valence-electron chi connectivity index (χ3n) is 1.28. The minimum atomic E-state index is 0.490. The third kappa shape index (κ3) is 3.06. The molecule has 0 N–H and O–H groups in total. The lowest BCUT2D eigenvalue weighted by Crippen LogP contribution is -1.73. The molecule has 0 saturated carbocycles. The Labute approximate surface area is 86.7 Å². The molecule has 64 valence electrons. The van der Waals surface area contributed by atoms with E-state index in [1.165, 1.54) is 0 Å². The summed E-state index contributed by atoms with van der Waals surface area (Å²) in [5.74, 6) is 0.490. The maximum atomic E-state index is 5.78. The van der Waals surface area contributed by atoms with Crippen molar-refractivity contribution < 1.29 is 0 Å². The van der Waals surface area contributed by atoms with Crippen LogP contribution >= 0.6 is 34.8 Å². The summed E-state index contributed by atoms with van der Waals surface area (Å²) >= 11 is 17.0. The molecule has 1 aromatic rings. The highest BCUT2D eigenvalue weighted by Gasteiger charge is 1.93. The zero-order chi connectivity index (χ0) is 8.97. The van der Waals surface area contributed by atoms with E-state index >= 15 is 0 Å². The molecule has 12 heavy (non-hydrogen) atoms. The summed E-state index contributed by atoms with van der Waals surface area (Å²) in [6.07, 6.45) is 3.72. The monoisotopic (exact) mass is 220 g/mol. The molecule has 0 amide bonds. The van der Waals surface area contributed by atoms with Crippen LogP contribution < -0.4 is 0 Å². The van der Waals surface area contributed by atoms with Crippen LogP contribution in [-0.4, -0.2) is 5.88 Å². The average Bonchev–Trinajstić information content (AvgIpc) is 1.99. The molecule has 0 bridgehead atoms. The predicted octanol–water partition coefficient (Wildman–Crippen LogP) is 4.25. The van der Waals surface area contributed by atoms with Gasteiger partial charge in [-0.2, -0.15) is 0 Å². The van der Waals surface area contributed by atoms with Crippen LogP contribution in [0.4, 0.5) is 0 Å². The molecule has 0 aliphatic rings. The third-order valence-corrected chi connectivity index (χ3v) is 1.90. The molecule has 0 unspecified atom stereocenters. The smallest absolute Gasteiger partial charge is 0.0426 e. The molecule has 0 aliphatic carbocycles. The molecule has 1 rings (SSSR count). The molecule has 0 aliphatic heterocycles. The van der Waals surface area contributed by atoms with Gasteiger partial charge in [-0.05, 0) is 23.8 Å². The first-order valence-electron chi connectivity index (χ1n) is 3.41. The fourth-order valence-electron chi connectivity index (χ4n) is 0.852. The molecular formula is C9H7Cl3. The van der Waals surface area contributed by atoms with E-state index in [-0.39, 0.29) is 0 Å². The summed E-state index contributed by atoms with van der Waals surface area (Å²) in [7, 11) is 0. The van der Waals surface area contributed by atoms with Crippen LogP contribution in [0.15, 0.2) is 24.3 Å². The molecule has 0 aromatic heterocycles. The first-order chi connectivity index (χ1) is 5.72. The molecule has 1 aromatic carbocycles. The van der Waals surface area contributed by atoms with Crippen molar-refractivity contribution in [1.82, 2.24) is 0 Å². The number of allylic oxidation sites excluding steroid dienone is 1. The minimum absolute atomic E-state index is 0.490. The van der Waals surface area contributed by atoms with Gasteiger partial charge in [-0.25, -0.2) is 0 Å². The number of hydrogen-bond donors (Lipinski definition) is 0. The van der Waals surface area contributed by atoms with Gasteiger partial charge in [-0.15, -0.1) is 11.6 Å². The molecule has 0 saturated heterocycles. The van der Waals surface area contributed by atoms with Crippen molar-refractivity contribution in [1.29, 1.82) is 0 Å². The maximum absolute atomic E-state index is 5.78. The summed E-state index contributed by atoms with van der Waals surface area (Å²) in [4.78, 5) is 0. The van der Waals surface area contributed by atoms with E-state index in [9.17, 15) is 0 Å². The Morgan fingerprint density at radius 2 is 1.67 bits per heavy atom. The van der Waals surface area contributed by atoms with E-state index in [0.29, 0.717) is 15.9 Å². The van der Waals surface area contributed by atoms with Crippen LogP contribution in [0.3, 0.4) is 0 Å². The van der Waals surface area contributed by atoms with Crippen molar-refractivity contribution >= 4 is 40.9 Å². The summed E-state index contributed by atoms with van der Waals surface area (Å²) in [5, 5.41) is 1.27. The van der Waals surface area contributed by atoms with Crippen LogP contribution in [0.25, 0.3) is 6.08 Å². The highest BCUT2D eigenvalue weighted by atomic mass is 35.5. The minimum Gasteiger partial charge on any atom is -0.122 e. The number of halogens is 3. The van der Waals surface area contributed by atoms with Crippen molar-refractivity contribution in [3.05, 3.63) is 39.9 Å². The van der Waals surface area contributed by atoms with Crippen molar-refractivity contribution in [2.45, 2.75) is 0 Å². The van der Waals surface area contributed by atoms with Gasteiger partial charge in [0, 0.05) is 15.9 Å². The van der Waals surface area contributed by atoms with E-state index in [4.69, 9.17) is 34.8 Å². The second-order valence-corrected chi connectivity index (χ2v) is 3.44. The maximum Gasteiger partial charge on any atom is 0.0426 e. The second kappa shape index (κ2) is 4.76. The van der Waals surface area contributed by atoms with E-state index in [0.717, 1.165) is 5.56 Å². The van der Waals surface area contributed by atoms with Gasteiger partial charge < -0.3 is 0 Å². The topological polar surface area (TPSA) is 0 Å². The Kier molecular flexibility index (Phi) is 3.93. The Hall–Kier alpha value is -0.170. The van der Waals surface area contributed by atoms with Crippen molar-refractivity contribution in [3.8, 4) is 0 Å². The van der Waals surface area contributed by atoms with Gasteiger partial charge >= 0.3 is 0 Å². The van der Waals surface area contributed by atoms with E-state index in [2.05, 4.69) is 0 Å². The molecule has 0 radical (unpaired) electrons. The molecule has 0 atom stereocenters. The van der Waals surface area contributed by atoms with Crippen LogP contribution in [0, 0.1) is 0 Å². The molecule has 0 nitrogen and oxygen atoms in total. The lowest BCUT2D eigenvalue weighted by molar-refractivity contribution is 1.64. The molecular weight excluding hydrogens is 214 g/mol. The second-order valence-electron chi connectivity index (χ2n) is 2.26. The van der Waals surface area contributed by atoms with Gasteiger partial charge in [0.15, 0.2) is 0 Å². The van der Waals surface area contributed by atoms with Gasteiger partial charge in [0.25, 0.3) is 0 Å². The fourth-order valence-corrected chi connectivity index (χ4v) is 1.48. The summed E-state index contributed by atoms with van der Waals surface area (Å²) in [5.41, 5.74) is 0.966. The largest absolute Gasteiger partial charge is 0.122 e. The summed E-state index contributed by atoms with van der Waals surface area (Å²) in [6, 6.07) is 5.36. The zero-order valence-corrected chi connectivity index (χ0v) is 8.50. The van der Waals surface area contributed by atoms with Crippen molar-refractivity contribution in [2.24, 2.45) is 0 Å². The predicted molar refractivity (Wildman–Crippen MR) is 56.2 cm³/mol. The van der Waals surface area contributed by atoms with E-state index in [1.54, 1.807) is 6.07 Å². The quantitative estimate of drug-likeness (QED) is 0.655. The fraction of sp³-hybridized carbons (Fsp3) is 0.111. The number of benzene rings is 1. The van der Waals surface area contributed by atoms with Gasteiger partial charge in [-0.3, -0.25) is 0 Å². The van der Waals surface area contributed by atoms with Crippen molar-refractivity contribution in [3.63, 3.8) is 0 Å². The Balaban J connectivity index is 2.93. The normalized spacial score (nSPS) is 10.9. The molecule has 0 fully saturated rings. The summed E-state index contributed by atoms with van der Waals surface area (Å²) in [6.45, 7) is 0. The van der Waals surface area contributed by atoms with Crippen LogP contribution in [0.5, 0.6) is 0 Å². The van der Waals surface area contributed by atoms with Crippen LogP contribution in [-0.2, 0) is 0 Å². The van der Waals surface area contributed by atoms with Crippen LogP contribution in [0.2, 0.25) is 10.0 Å². The standard InChI is InChI=1S/C9H7Cl3/c10-3-1-2-7-4-8(11)6-9(12)5-7/h1-2,4-6H,3H2. The SMILES string of the molecule is ClCC=Cc1cc(Cl)cc(Cl)c1. The lowest BCUT2D eigenvalue weighted by atomic mass is 10.2. The summed E-state index contributed by atoms with van der Waals surface area (Å²) < 4.78 is 0. The molecule has 3 heteroatoms. The van der Waals surface area contributed by atoms with Crippen LogP contribution in [0.1, 0.15) is 5.56 Å². The number of rotatable bonds is 2. The van der Waals surface area contributed by atoms with E-state index < -0.39 is 0 Å². The van der Waals surface area contributed by atoms with Gasteiger partial charge in [0.05, 0.1) is 0 Å². The first kappa shape index (κ1) is 9.91. The number of alkyl halides is 1. The van der Waals surface area contributed by atoms with Gasteiger partial charge in [0.1, 0.15) is 0 Å². The average molecular weight is 222 g/mol. The Bertz CT molecular complexity index is 272. The molecule has 0 heterocycles. The van der Waals surface area contributed by atoms with Crippen molar-refractivity contribution in [2.75, 3.05) is 5.88 Å². The first-order valence-corrected chi connectivity index (χ1v) is 4.70. The Morgan fingerprint density at radius 1 is 1.08 bits per heavy atom. The van der Waals surface area contributed by atoms with E-state index in [1.807, 2.05) is 24.3 Å². The number of hydrogen-bond acceptors (Lipinski definition) is 0. The van der Waals surface area contributed by atoms with Gasteiger partial charge in [-0.1, -0.05) is 35.4 Å². The lowest BCUT2D eigenvalue weighted by Gasteiger charge is -1.95. The zero-order valence-electron chi connectivity index (χ0n) is 6.23. The highest BCUT2D eigenvalue weighted by molar-refractivity contribution is 6.34. The Morgan fingerprint density at radius 3 is 2.17 bits per heavy atom. The molecule has 0 spiro atoms. The highest BCUT2D eigenvalue weighted by Crippen LogP contribution is 2.19.